The minimum absolute atomic E-state index is 0.622. The van der Waals surface area contributed by atoms with Crippen molar-refractivity contribution in [3.8, 4) is 0 Å². The van der Waals surface area contributed by atoms with E-state index in [2.05, 4.69) is 32.8 Å². The summed E-state index contributed by atoms with van der Waals surface area (Å²) in [4.78, 5) is 4.45. The van der Waals surface area contributed by atoms with E-state index < -0.39 is 0 Å². The highest BCUT2D eigenvalue weighted by Gasteiger charge is 2.14. The molecule has 4 heteroatoms. The lowest BCUT2D eigenvalue weighted by atomic mass is 10.2. The van der Waals surface area contributed by atoms with Crippen molar-refractivity contribution in [3.05, 3.63) is 11.9 Å². The number of imidazole rings is 1. The lowest BCUT2D eigenvalue weighted by Crippen LogP contribution is -2.25. The smallest absolute Gasteiger partial charge is 0.202 e. The molecule has 3 nitrogen and oxygen atoms in total. The van der Waals surface area contributed by atoms with E-state index in [1.54, 1.807) is 0 Å². The maximum absolute atomic E-state index is 4.45. The number of hydrogen-bond donors (Lipinski definition) is 1. The summed E-state index contributed by atoms with van der Waals surface area (Å²) < 4.78 is 2.07. The summed E-state index contributed by atoms with van der Waals surface area (Å²) in [7, 11) is 2.04. The molecule has 0 amide bonds. The maximum atomic E-state index is 4.45. The van der Waals surface area contributed by atoms with E-state index in [9.17, 15) is 0 Å². The fraction of sp³-hybridized carbons (Fsp3) is 0.700. The third-order valence-corrected chi connectivity index (χ3v) is 3.60. The van der Waals surface area contributed by atoms with Crippen molar-refractivity contribution in [2.24, 2.45) is 7.05 Å². The second kappa shape index (κ2) is 4.26. The largest absolute Gasteiger partial charge is 0.353 e. The summed E-state index contributed by atoms with van der Waals surface area (Å²) in [6, 6.07) is 0.622. The molecular weight excluding hydrogens is 194 g/mol. The van der Waals surface area contributed by atoms with E-state index in [1.165, 1.54) is 24.3 Å². The van der Waals surface area contributed by atoms with Gasteiger partial charge in [-0.3, -0.25) is 0 Å². The molecule has 0 aromatic carbocycles. The highest BCUT2D eigenvalue weighted by molar-refractivity contribution is 7.99. The first-order valence-corrected chi connectivity index (χ1v) is 6.25. The van der Waals surface area contributed by atoms with Crippen molar-refractivity contribution in [3.63, 3.8) is 0 Å². The molecule has 1 N–H and O–H groups in total. The van der Waals surface area contributed by atoms with Crippen LogP contribution in [-0.4, -0.2) is 27.1 Å². The van der Waals surface area contributed by atoms with Crippen LogP contribution < -0.4 is 5.32 Å². The molecule has 1 aliphatic rings. The maximum Gasteiger partial charge on any atom is 0.202 e. The summed E-state index contributed by atoms with van der Waals surface area (Å²) in [5.74, 6) is 3.57. The summed E-state index contributed by atoms with van der Waals surface area (Å²) in [6.45, 7) is 2.03. The highest BCUT2D eigenvalue weighted by atomic mass is 32.2. The summed E-state index contributed by atoms with van der Waals surface area (Å²) >= 11 is 2.05. The predicted octanol–water partition coefficient (Wildman–Crippen LogP) is 2.04. The van der Waals surface area contributed by atoms with E-state index in [0.717, 1.165) is 11.6 Å². The van der Waals surface area contributed by atoms with Crippen LogP contribution >= 0.6 is 11.8 Å². The highest BCUT2D eigenvalue weighted by Crippen LogP contribution is 2.20. The van der Waals surface area contributed by atoms with Gasteiger partial charge in [0.05, 0.1) is 5.69 Å². The molecule has 0 atom stereocenters. The van der Waals surface area contributed by atoms with Crippen LogP contribution in [-0.2, 0) is 7.05 Å². The van der Waals surface area contributed by atoms with Gasteiger partial charge in [0.1, 0.15) is 0 Å². The molecule has 1 saturated heterocycles. The van der Waals surface area contributed by atoms with Crippen molar-refractivity contribution in [1.29, 1.82) is 0 Å². The van der Waals surface area contributed by atoms with Gasteiger partial charge in [0.2, 0.25) is 5.95 Å². The van der Waals surface area contributed by atoms with Crippen molar-refractivity contribution in [2.45, 2.75) is 25.8 Å². The normalized spacial score (nSPS) is 18.4. The Bertz CT molecular complexity index is 302. The van der Waals surface area contributed by atoms with Gasteiger partial charge in [0.25, 0.3) is 0 Å². The van der Waals surface area contributed by atoms with E-state index in [1.807, 2.05) is 14.0 Å². The van der Waals surface area contributed by atoms with Crippen LogP contribution in [0.3, 0.4) is 0 Å². The lowest BCUT2D eigenvalue weighted by molar-refractivity contribution is 0.654. The Labute approximate surface area is 89.3 Å². The number of rotatable bonds is 2. The predicted molar refractivity (Wildman–Crippen MR) is 61.9 cm³/mol. The van der Waals surface area contributed by atoms with Gasteiger partial charge >= 0.3 is 0 Å². The first-order chi connectivity index (χ1) is 6.75. The molecule has 78 valence electrons. The molecule has 0 radical (unpaired) electrons. The Kier molecular flexibility index (Phi) is 3.01. The van der Waals surface area contributed by atoms with Crippen LogP contribution in [0.5, 0.6) is 0 Å². The summed E-state index contributed by atoms with van der Waals surface area (Å²) in [5, 5.41) is 3.51. The lowest BCUT2D eigenvalue weighted by Gasteiger charge is -2.22. The zero-order valence-electron chi connectivity index (χ0n) is 8.79. The molecule has 0 bridgehead atoms. The van der Waals surface area contributed by atoms with Crippen LogP contribution in [0.4, 0.5) is 5.95 Å². The quantitative estimate of drug-likeness (QED) is 0.812. The molecular formula is C10H17N3S. The fourth-order valence-electron chi connectivity index (χ4n) is 1.77. The zero-order chi connectivity index (χ0) is 9.97. The number of nitrogens with one attached hydrogen (secondary N) is 1. The van der Waals surface area contributed by atoms with Gasteiger partial charge in [-0.15, -0.1) is 0 Å². The molecule has 1 aromatic heterocycles. The fourth-order valence-corrected chi connectivity index (χ4v) is 2.88. The van der Waals surface area contributed by atoms with Gasteiger partial charge in [-0.1, -0.05) is 0 Å². The van der Waals surface area contributed by atoms with E-state index in [-0.39, 0.29) is 0 Å². The van der Waals surface area contributed by atoms with Crippen LogP contribution in [0.15, 0.2) is 6.20 Å². The Morgan fingerprint density at radius 2 is 2.21 bits per heavy atom. The van der Waals surface area contributed by atoms with E-state index >= 15 is 0 Å². The number of thioether (sulfide) groups is 1. The van der Waals surface area contributed by atoms with Gasteiger partial charge in [0, 0.05) is 19.3 Å². The first kappa shape index (κ1) is 9.90. The number of aromatic nitrogens is 2. The second-order valence-corrected chi connectivity index (χ2v) is 5.07. The Morgan fingerprint density at radius 1 is 1.50 bits per heavy atom. The molecule has 1 fully saturated rings. The third kappa shape index (κ3) is 2.23. The van der Waals surface area contributed by atoms with Gasteiger partial charge in [-0.2, -0.15) is 11.8 Å². The van der Waals surface area contributed by atoms with Crippen LogP contribution in [0.1, 0.15) is 18.5 Å². The second-order valence-electron chi connectivity index (χ2n) is 3.85. The number of nitrogens with zero attached hydrogens (tertiary/aromatic N) is 2. The minimum atomic E-state index is 0.622. The van der Waals surface area contributed by atoms with Gasteiger partial charge < -0.3 is 9.88 Å². The average Bonchev–Trinajstić information content (AvgIpc) is 2.47. The van der Waals surface area contributed by atoms with Gasteiger partial charge in [-0.25, -0.2) is 4.98 Å². The molecule has 2 heterocycles. The van der Waals surface area contributed by atoms with E-state index in [0.29, 0.717) is 6.04 Å². The van der Waals surface area contributed by atoms with E-state index in [4.69, 9.17) is 0 Å². The Hall–Kier alpha value is -0.640. The Balaban J connectivity index is 1.98. The molecule has 0 unspecified atom stereocenters. The molecule has 0 aliphatic carbocycles. The number of hydrogen-bond acceptors (Lipinski definition) is 3. The zero-order valence-corrected chi connectivity index (χ0v) is 9.60. The number of aryl methyl sites for hydroxylation is 2. The summed E-state index contributed by atoms with van der Waals surface area (Å²) in [5.41, 5.74) is 1.08. The molecule has 1 aliphatic heterocycles. The van der Waals surface area contributed by atoms with Crippen LogP contribution in [0, 0.1) is 6.92 Å². The van der Waals surface area contributed by atoms with Crippen LogP contribution in [0.25, 0.3) is 0 Å². The monoisotopic (exact) mass is 211 g/mol. The van der Waals surface area contributed by atoms with Gasteiger partial charge in [0.15, 0.2) is 0 Å². The SMILES string of the molecule is Cc1cn(C)c(NC2CCSCC2)n1. The van der Waals surface area contributed by atoms with Crippen molar-refractivity contribution in [1.82, 2.24) is 9.55 Å². The Morgan fingerprint density at radius 3 is 2.79 bits per heavy atom. The molecule has 0 spiro atoms. The van der Waals surface area contributed by atoms with Crippen LogP contribution in [0.2, 0.25) is 0 Å². The first-order valence-electron chi connectivity index (χ1n) is 5.10. The third-order valence-electron chi connectivity index (χ3n) is 2.55. The molecule has 14 heavy (non-hydrogen) atoms. The molecule has 1 aromatic rings. The van der Waals surface area contributed by atoms with Crippen molar-refractivity contribution in [2.75, 3.05) is 16.8 Å². The summed E-state index contributed by atoms with van der Waals surface area (Å²) in [6.07, 6.45) is 4.58. The standard InChI is InChI=1S/C10H17N3S/c1-8-7-13(2)10(11-8)12-9-3-5-14-6-4-9/h7,9H,3-6H2,1-2H3,(H,11,12). The topological polar surface area (TPSA) is 29.9 Å². The van der Waals surface area contributed by atoms with Gasteiger partial charge in [-0.05, 0) is 31.3 Å². The molecule has 0 saturated carbocycles. The minimum Gasteiger partial charge on any atom is -0.353 e. The van der Waals surface area contributed by atoms with Crippen molar-refractivity contribution < 1.29 is 0 Å². The number of anilines is 1. The molecule has 2 rings (SSSR count). The van der Waals surface area contributed by atoms with Crippen molar-refractivity contribution >= 4 is 17.7 Å². The average molecular weight is 211 g/mol.